The Morgan fingerprint density at radius 1 is 0.683 bits per heavy atom. The minimum absolute atomic E-state index is 0.0855. The summed E-state index contributed by atoms with van der Waals surface area (Å²) in [6.07, 6.45) is 1.38. The first-order valence-corrected chi connectivity index (χ1v) is 14.0. The number of hydrogen-bond acceptors (Lipinski definition) is 4. The minimum atomic E-state index is -0.903. The highest BCUT2D eigenvalue weighted by Gasteiger charge is 2.21. The number of carbonyl (C=O) groups excluding carboxylic acids is 1. The van der Waals surface area contributed by atoms with Crippen LogP contribution in [0, 0.1) is 0 Å². The molecule has 5 rings (SSSR count). The molecule has 0 aliphatic carbocycles. The molecule has 4 aromatic rings. The molecule has 1 saturated heterocycles. The van der Waals surface area contributed by atoms with Crippen LogP contribution in [-0.4, -0.2) is 35.0 Å². The molecular formula is C33H31Cl2NO5. The highest BCUT2D eigenvalue weighted by atomic mass is 35.5. The predicted molar refractivity (Wildman–Crippen MR) is 161 cm³/mol. The first-order valence-electron chi connectivity index (χ1n) is 13.3. The average Bonchev–Trinajstić information content (AvgIpc) is 2.94. The Bertz CT molecular complexity index is 1440. The Morgan fingerprint density at radius 3 is 1.54 bits per heavy atom. The molecule has 4 aromatic carbocycles. The van der Waals surface area contributed by atoms with Crippen molar-refractivity contribution in [1.29, 1.82) is 0 Å². The summed E-state index contributed by atoms with van der Waals surface area (Å²) < 4.78 is 11.3. The van der Waals surface area contributed by atoms with Crippen LogP contribution in [0.3, 0.4) is 0 Å². The van der Waals surface area contributed by atoms with Crippen LogP contribution in [0.5, 0.6) is 11.5 Å². The number of benzene rings is 4. The molecule has 1 aliphatic heterocycles. The van der Waals surface area contributed by atoms with Gasteiger partial charge in [0.2, 0.25) is 5.91 Å². The highest BCUT2D eigenvalue weighted by Crippen LogP contribution is 2.25. The van der Waals surface area contributed by atoms with Crippen LogP contribution in [0.4, 0.5) is 0 Å². The fourth-order valence-corrected chi connectivity index (χ4v) is 4.48. The Hall–Kier alpha value is -4.00. The van der Waals surface area contributed by atoms with E-state index < -0.39 is 5.97 Å². The number of hydrogen-bond donors (Lipinski definition) is 1. The van der Waals surface area contributed by atoms with Crippen LogP contribution < -0.4 is 9.47 Å². The van der Waals surface area contributed by atoms with Gasteiger partial charge in [0, 0.05) is 23.1 Å². The number of carboxylic acid groups (broad SMARTS) is 1. The highest BCUT2D eigenvalue weighted by molar-refractivity contribution is 6.32. The second-order valence-electron chi connectivity index (χ2n) is 9.54. The van der Waals surface area contributed by atoms with E-state index in [0.29, 0.717) is 46.7 Å². The zero-order chi connectivity index (χ0) is 29.0. The van der Waals surface area contributed by atoms with Gasteiger partial charge in [0.1, 0.15) is 24.7 Å². The average molecular weight is 593 g/mol. The topological polar surface area (TPSA) is 76.1 Å². The number of carbonyl (C=O) groups is 2. The zero-order valence-corrected chi connectivity index (χ0v) is 24.0. The predicted octanol–water partition coefficient (Wildman–Crippen LogP) is 7.24. The second-order valence-corrected chi connectivity index (χ2v) is 10.4. The van der Waals surface area contributed by atoms with E-state index in [1.165, 1.54) is 0 Å². The van der Waals surface area contributed by atoms with E-state index in [0.717, 1.165) is 36.2 Å². The van der Waals surface area contributed by atoms with Crippen LogP contribution in [-0.2, 0) is 35.6 Å². The third-order valence-electron chi connectivity index (χ3n) is 6.44. The largest absolute Gasteiger partial charge is 0.489 e. The number of amides is 1. The lowest BCUT2D eigenvalue weighted by Gasteiger charge is -2.31. The number of rotatable bonds is 10. The zero-order valence-electron chi connectivity index (χ0n) is 22.5. The summed E-state index contributed by atoms with van der Waals surface area (Å²) in [6, 6.07) is 30.3. The number of ether oxygens (including phenoxy) is 2. The van der Waals surface area contributed by atoms with Gasteiger partial charge in [-0.15, -0.1) is 0 Å². The summed E-state index contributed by atoms with van der Waals surface area (Å²) in [5.41, 5.74) is 3.61. The molecule has 0 atom stereocenters. The van der Waals surface area contributed by atoms with Gasteiger partial charge in [-0.25, -0.2) is 0 Å². The lowest BCUT2D eigenvalue weighted by atomic mass is 10.1. The molecule has 1 aliphatic rings. The maximum absolute atomic E-state index is 12.0. The van der Waals surface area contributed by atoms with E-state index in [2.05, 4.69) is 0 Å². The van der Waals surface area contributed by atoms with Crippen LogP contribution >= 0.6 is 23.2 Å². The third-order valence-corrected chi connectivity index (χ3v) is 7.14. The van der Waals surface area contributed by atoms with Gasteiger partial charge in [-0.05, 0) is 52.9 Å². The molecule has 41 heavy (non-hydrogen) atoms. The lowest BCUT2D eigenvalue weighted by Crippen LogP contribution is -2.42. The van der Waals surface area contributed by atoms with Crippen LogP contribution in [0.2, 0.25) is 10.0 Å². The van der Waals surface area contributed by atoms with E-state index >= 15 is 0 Å². The molecule has 0 radical (unpaired) electrons. The van der Waals surface area contributed by atoms with E-state index in [9.17, 15) is 9.59 Å². The van der Waals surface area contributed by atoms with Gasteiger partial charge in [0.15, 0.2) is 0 Å². The van der Waals surface area contributed by atoms with E-state index in [4.69, 9.17) is 37.8 Å². The smallest absolute Gasteiger partial charge is 0.307 e. The van der Waals surface area contributed by atoms with Gasteiger partial charge < -0.3 is 19.5 Å². The standard InChI is InChI=1S/C18H18ClNO2.C15H13ClO3/c19-17-12-16(22-13-14-5-2-1-3-6-14)8-7-15(17)11-18(21)20-9-4-10-20;16-14-9-13(7-6-12(14)8-15(17)18)19-10-11-4-2-1-3-5-11/h1-3,5-8,12H,4,9-11,13H2;1-7,9H,8,10H2,(H,17,18). The Kier molecular flexibility index (Phi) is 11.1. The van der Waals surface area contributed by atoms with Gasteiger partial charge in [-0.2, -0.15) is 0 Å². The summed E-state index contributed by atoms with van der Waals surface area (Å²) in [4.78, 5) is 24.5. The first-order chi connectivity index (χ1) is 19.9. The summed E-state index contributed by atoms with van der Waals surface area (Å²) in [5.74, 6) is 0.586. The molecule has 6 nitrogen and oxygen atoms in total. The van der Waals surface area contributed by atoms with Gasteiger partial charge >= 0.3 is 5.97 Å². The molecule has 0 aromatic heterocycles. The van der Waals surface area contributed by atoms with Gasteiger partial charge in [0.05, 0.1) is 12.8 Å². The SMILES string of the molecule is O=C(Cc1ccc(OCc2ccccc2)cc1Cl)N1CCC1.O=C(O)Cc1ccc(OCc2ccccc2)cc1Cl. The van der Waals surface area contributed by atoms with Crippen molar-refractivity contribution in [3.8, 4) is 11.5 Å². The normalized spacial score (nSPS) is 12.0. The Balaban J connectivity index is 0.000000191. The number of nitrogens with zero attached hydrogens (tertiary/aromatic N) is 1. The number of halogens is 2. The molecule has 212 valence electrons. The number of carboxylic acids is 1. The monoisotopic (exact) mass is 591 g/mol. The summed E-state index contributed by atoms with van der Waals surface area (Å²) in [7, 11) is 0. The van der Waals surface area contributed by atoms with Crippen molar-refractivity contribution in [1.82, 2.24) is 4.90 Å². The van der Waals surface area contributed by atoms with Crippen LogP contribution in [0.15, 0.2) is 97.1 Å². The molecule has 1 fully saturated rings. The molecule has 0 spiro atoms. The second kappa shape index (κ2) is 15.1. The first kappa shape index (κ1) is 30.0. The van der Waals surface area contributed by atoms with E-state index in [1.54, 1.807) is 24.3 Å². The lowest BCUT2D eigenvalue weighted by molar-refractivity contribution is -0.136. The summed E-state index contributed by atoms with van der Waals surface area (Å²) in [5, 5.41) is 9.72. The van der Waals surface area contributed by atoms with Crippen molar-refractivity contribution in [2.45, 2.75) is 32.5 Å². The maximum Gasteiger partial charge on any atom is 0.307 e. The quantitative estimate of drug-likeness (QED) is 0.210. The van der Waals surface area contributed by atoms with Gasteiger partial charge in [0.25, 0.3) is 0 Å². The van der Waals surface area contributed by atoms with Crippen molar-refractivity contribution < 1.29 is 24.2 Å². The molecule has 0 bridgehead atoms. The fraction of sp³-hybridized carbons (Fsp3) is 0.212. The van der Waals surface area contributed by atoms with Crippen molar-refractivity contribution in [2.75, 3.05) is 13.1 Å². The Morgan fingerprint density at radius 2 is 1.15 bits per heavy atom. The molecule has 0 saturated carbocycles. The molecule has 0 unspecified atom stereocenters. The van der Waals surface area contributed by atoms with Gasteiger partial charge in [-0.3, -0.25) is 9.59 Å². The molecule has 8 heteroatoms. The fourth-order valence-electron chi connectivity index (χ4n) is 4.01. The maximum atomic E-state index is 12.0. The number of aliphatic carboxylic acids is 1. The van der Waals surface area contributed by atoms with Crippen molar-refractivity contribution >= 4 is 35.1 Å². The Labute approximate surface area is 250 Å². The molecule has 1 heterocycles. The van der Waals surface area contributed by atoms with Crippen LogP contribution in [0.1, 0.15) is 28.7 Å². The van der Waals surface area contributed by atoms with Gasteiger partial charge in [-0.1, -0.05) is 96.0 Å². The van der Waals surface area contributed by atoms with Crippen molar-refractivity contribution in [3.63, 3.8) is 0 Å². The minimum Gasteiger partial charge on any atom is -0.489 e. The third kappa shape index (κ3) is 9.55. The van der Waals surface area contributed by atoms with E-state index in [1.807, 2.05) is 77.7 Å². The number of likely N-dealkylation sites (tertiary alicyclic amines) is 1. The molecule has 1 amide bonds. The molecular weight excluding hydrogens is 561 g/mol. The summed E-state index contributed by atoms with van der Waals surface area (Å²) in [6.45, 7) is 2.70. The molecule has 1 N–H and O–H groups in total. The van der Waals surface area contributed by atoms with Crippen molar-refractivity contribution in [2.24, 2.45) is 0 Å². The van der Waals surface area contributed by atoms with Crippen LogP contribution in [0.25, 0.3) is 0 Å². The van der Waals surface area contributed by atoms with E-state index in [-0.39, 0.29) is 12.3 Å². The van der Waals surface area contributed by atoms with Crippen molar-refractivity contribution in [3.05, 3.63) is 129 Å². The summed E-state index contributed by atoms with van der Waals surface area (Å²) >= 11 is 12.3.